The number of rotatable bonds is 10. The van der Waals surface area contributed by atoms with Crippen molar-refractivity contribution in [2.45, 2.75) is 45.4 Å². The fourth-order valence-electron chi connectivity index (χ4n) is 5.42. The minimum absolute atomic E-state index is 0.00335. The van der Waals surface area contributed by atoms with Crippen molar-refractivity contribution in [2.24, 2.45) is 7.05 Å². The second-order valence-electron chi connectivity index (χ2n) is 12.5. The number of fused-ring (bicyclic) bond motifs is 1. The van der Waals surface area contributed by atoms with Gasteiger partial charge >= 0.3 is 6.09 Å². The predicted molar refractivity (Wildman–Crippen MR) is 184 cm³/mol. The maximum Gasteiger partial charge on any atom is 0.408 e. The zero-order valence-corrected chi connectivity index (χ0v) is 29.6. The van der Waals surface area contributed by atoms with E-state index in [1.54, 1.807) is 52.1 Å². The van der Waals surface area contributed by atoms with E-state index in [9.17, 15) is 26.8 Å². The lowest BCUT2D eigenvalue weighted by Gasteiger charge is -2.25. The van der Waals surface area contributed by atoms with Gasteiger partial charge in [-0.25, -0.2) is 31.3 Å². The number of anilines is 1. The lowest BCUT2D eigenvalue weighted by molar-refractivity contribution is 0.0500. The number of alkyl carbamates (subject to hydrolysis) is 1. The van der Waals surface area contributed by atoms with Crippen LogP contribution in [0.1, 0.15) is 43.8 Å². The number of aryl methyl sites for hydroxylation is 1. The number of hydrogen-bond donors (Lipinski definition) is 1. The summed E-state index contributed by atoms with van der Waals surface area (Å²) in [5.74, 6) is -1.16. The number of halogens is 3. The van der Waals surface area contributed by atoms with Crippen molar-refractivity contribution >= 4 is 44.4 Å². The number of nitrogens with one attached hydrogen (secondary N) is 1. The van der Waals surface area contributed by atoms with Crippen LogP contribution in [0.4, 0.5) is 19.4 Å². The number of ether oxygens (including phenoxy) is 2. The fraction of sp³-hybridized carbons (Fsp3) is 0.294. The van der Waals surface area contributed by atoms with Crippen molar-refractivity contribution in [3.63, 3.8) is 0 Å². The summed E-state index contributed by atoms with van der Waals surface area (Å²) >= 11 is 6.74. The Hall–Kier alpha value is -5.02. The Balaban J connectivity index is 1.70. The van der Waals surface area contributed by atoms with Gasteiger partial charge in [-0.1, -0.05) is 23.7 Å². The number of aromatic nitrogens is 4. The van der Waals surface area contributed by atoms with Crippen LogP contribution in [0, 0.1) is 17.8 Å². The molecule has 1 N–H and O–H groups in total. The summed E-state index contributed by atoms with van der Waals surface area (Å²) in [5.41, 5.74) is -0.333. The first-order chi connectivity index (χ1) is 23.4. The van der Waals surface area contributed by atoms with Gasteiger partial charge in [0.05, 0.1) is 53.8 Å². The number of benzene rings is 3. The van der Waals surface area contributed by atoms with Crippen LogP contribution < -0.4 is 19.9 Å². The molecule has 2 heterocycles. The van der Waals surface area contributed by atoms with E-state index in [0.29, 0.717) is 17.4 Å². The second-order valence-corrected chi connectivity index (χ2v) is 14.8. The van der Waals surface area contributed by atoms with Gasteiger partial charge in [-0.05, 0) is 68.3 Å². The van der Waals surface area contributed by atoms with Gasteiger partial charge in [-0.3, -0.25) is 14.0 Å². The molecule has 2 aromatic heterocycles. The lowest BCUT2D eigenvalue weighted by Crippen LogP contribution is -2.38. The zero-order valence-electron chi connectivity index (χ0n) is 28.0. The van der Waals surface area contributed by atoms with E-state index in [1.165, 1.54) is 28.5 Å². The van der Waals surface area contributed by atoms with Crippen LogP contribution in [0.3, 0.4) is 0 Å². The SMILES string of the molecule is COc1ccc(CN(c2nn(C)c3c(-n4c(C(Cc5cc(F)cc(F)c5)NC(=O)OC(C)(C)C)n[c]cc4=O)ccc(Cl)c23)S(C)(=O)=O)cc1. The van der Waals surface area contributed by atoms with Crippen LogP contribution >= 0.6 is 11.6 Å². The third-order valence-corrected chi connectivity index (χ3v) is 8.86. The third-order valence-electron chi connectivity index (χ3n) is 7.44. The van der Waals surface area contributed by atoms with Gasteiger partial charge in [0.25, 0.3) is 5.56 Å². The highest BCUT2D eigenvalue weighted by Crippen LogP contribution is 2.38. The summed E-state index contributed by atoms with van der Waals surface area (Å²) in [6.45, 7) is 4.88. The molecule has 0 aliphatic heterocycles. The molecule has 5 rings (SSSR count). The second kappa shape index (κ2) is 14.1. The first-order valence-corrected chi connectivity index (χ1v) is 17.4. The van der Waals surface area contributed by atoms with E-state index in [1.807, 2.05) is 0 Å². The van der Waals surface area contributed by atoms with Crippen molar-refractivity contribution < 1.29 is 31.5 Å². The van der Waals surface area contributed by atoms with Crippen molar-refractivity contribution in [1.29, 1.82) is 0 Å². The van der Waals surface area contributed by atoms with Gasteiger partial charge in [0.1, 0.15) is 28.8 Å². The van der Waals surface area contributed by atoms with Gasteiger partial charge in [-0.15, -0.1) is 0 Å². The molecule has 0 fully saturated rings. The Morgan fingerprint density at radius 1 is 1.08 bits per heavy atom. The first kappa shape index (κ1) is 36.3. The summed E-state index contributed by atoms with van der Waals surface area (Å²) in [6, 6.07) is 12.6. The van der Waals surface area contributed by atoms with Crippen LogP contribution in [-0.4, -0.2) is 52.8 Å². The molecule has 1 radical (unpaired) electrons. The average Bonchev–Trinajstić information content (AvgIpc) is 3.35. The standard InChI is InChI=1S/C34H34ClF2N6O6S/c1-34(2,3)49-33(45)39-26(17-21-15-22(36)18-23(37)16-21)31-38-14-13-28(44)43(31)27-12-11-25(35)29-30(27)41(4)40-32(29)42(50(6,46)47)19-20-7-9-24(48-5)10-8-20/h7-13,15-16,18,26H,17,19H2,1-6H3,(H,39,45). The van der Waals surface area contributed by atoms with Gasteiger partial charge in [0.15, 0.2) is 5.82 Å². The molecule has 16 heteroatoms. The van der Waals surface area contributed by atoms with E-state index in [-0.39, 0.29) is 51.8 Å². The van der Waals surface area contributed by atoms with Crippen LogP contribution in [0.15, 0.2) is 65.5 Å². The molecule has 5 aromatic rings. The minimum Gasteiger partial charge on any atom is -0.497 e. The Kier molecular flexibility index (Phi) is 10.2. The van der Waals surface area contributed by atoms with Crippen molar-refractivity contribution in [3.05, 3.63) is 111 Å². The maximum absolute atomic E-state index is 14.3. The molecular weight excluding hydrogens is 694 g/mol. The van der Waals surface area contributed by atoms with E-state index in [2.05, 4.69) is 21.6 Å². The number of carbonyl (C=O) groups excluding carboxylic acids is 1. The molecule has 0 saturated carbocycles. The smallest absolute Gasteiger partial charge is 0.408 e. The Labute approximate surface area is 292 Å². The van der Waals surface area contributed by atoms with Crippen LogP contribution in [0.2, 0.25) is 5.02 Å². The largest absolute Gasteiger partial charge is 0.497 e. The summed E-state index contributed by atoms with van der Waals surface area (Å²) in [7, 11) is -0.871. The van der Waals surface area contributed by atoms with Gasteiger partial charge < -0.3 is 14.8 Å². The monoisotopic (exact) mass is 727 g/mol. The Morgan fingerprint density at radius 3 is 2.34 bits per heavy atom. The summed E-state index contributed by atoms with van der Waals surface area (Å²) < 4.78 is 69.3. The van der Waals surface area contributed by atoms with Crippen molar-refractivity contribution in [3.8, 4) is 11.4 Å². The van der Waals surface area contributed by atoms with Gasteiger partial charge in [0.2, 0.25) is 10.0 Å². The number of nitrogens with zero attached hydrogens (tertiary/aromatic N) is 5. The fourth-order valence-corrected chi connectivity index (χ4v) is 6.48. The average molecular weight is 728 g/mol. The number of carbonyl (C=O) groups is 1. The normalized spacial score (nSPS) is 12.5. The van der Waals surface area contributed by atoms with E-state index in [0.717, 1.165) is 28.8 Å². The van der Waals surface area contributed by atoms with Crippen molar-refractivity contribution in [2.75, 3.05) is 17.7 Å². The molecule has 0 spiro atoms. The molecule has 1 unspecified atom stereocenters. The molecule has 0 aliphatic carbocycles. The minimum atomic E-state index is -3.95. The van der Waals surface area contributed by atoms with Crippen LogP contribution in [-0.2, 0) is 34.8 Å². The van der Waals surface area contributed by atoms with Crippen LogP contribution in [0.25, 0.3) is 16.6 Å². The lowest BCUT2D eigenvalue weighted by atomic mass is 10.0. The molecule has 0 saturated heterocycles. The first-order valence-electron chi connectivity index (χ1n) is 15.2. The quantitative estimate of drug-likeness (QED) is 0.195. The predicted octanol–water partition coefficient (Wildman–Crippen LogP) is 5.63. The van der Waals surface area contributed by atoms with Gasteiger partial charge in [-0.2, -0.15) is 5.10 Å². The van der Waals surface area contributed by atoms with E-state index < -0.39 is 45.0 Å². The van der Waals surface area contributed by atoms with E-state index >= 15 is 0 Å². The highest BCUT2D eigenvalue weighted by atomic mass is 35.5. The molecule has 263 valence electrons. The highest BCUT2D eigenvalue weighted by molar-refractivity contribution is 7.92. The number of amides is 1. The van der Waals surface area contributed by atoms with E-state index in [4.69, 9.17) is 21.1 Å². The molecule has 1 amide bonds. The Bertz CT molecular complexity index is 2220. The Morgan fingerprint density at radius 2 is 1.74 bits per heavy atom. The number of methoxy groups -OCH3 is 1. The summed E-state index contributed by atoms with van der Waals surface area (Å²) in [4.78, 5) is 31.1. The molecule has 50 heavy (non-hydrogen) atoms. The van der Waals surface area contributed by atoms with Crippen molar-refractivity contribution in [1.82, 2.24) is 24.6 Å². The molecule has 12 nitrogen and oxygen atoms in total. The zero-order chi connectivity index (χ0) is 36.5. The summed E-state index contributed by atoms with van der Waals surface area (Å²) in [6.07, 6.45) is 2.48. The molecule has 1 atom stereocenters. The molecular formula is C34H34ClF2N6O6S. The highest BCUT2D eigenvalue weighted by Gasteiger charge is 2.30. The molecule has 0 bridgehead atoms. The summed E-state index contributed by atoms with van der Waals surface area (Å²) in [5, 5.41) is 7.57. The molecule has 0 aliphatic rings. The topological polar surface area (TPSA) is 138 Å². The van der Waals surface area contributed by atoms with Crippen LogP contribution in [0.5, 0.6) is 5.75 Å². The van der Waals surface area contributed by atoms with Gasteiger partial charge in [0, 0.05) is 25.6 Å². The molecule has 3 aromatic carbocycles. The number of hydrogen-bond acceptors (Lipinski definition) is 8. The maximum atomic E-state index is 14.3. The number of sulfonamides is 1. The third kappa shape index (κ3) is 8.05.